The molecular weight excluding hydrogens is 369 g/mol. The Bertz CT molecular complexity index is 908. The summed E-state index contributed by atoms with van der Waals surface area (Å²) in [5.41, 5.74) is 0.979. The Morgan fingerprint density at radius 2 is 1.67 bits per heavy atom. The highest BCUT2D eigenvalue weighted by molar-refractivity contribution is 7.89. The van der Waals surface area contributed by atoms with Gasteiger partial charge >= 0.3 is 0 Å². The first-order chi connectivity index (χ1) is 12.9. The molecule has 0 spiro atoms. The predicted molar refractivity (Wildman–Crippen MR) is 102 cm³/mol. The van der Waals surface area contributed by atoms with E-state index in [1.165, 1.54) is 30.3 Å². The number of hydrogen-bond acceptors (Lipinski definition) is 4. The van der Waals surface area contributed by atoms with Crippen LogP contribution in [-0.4, -0.2) is 51.9 Å². The summed E-state index contributed by atoms with van der Waals surface area (Å²) in [5, 5.41) is 0. The van der Waals surface area contributed by atoms with E-state index in [1.54, 1.807) is 30.0 Å². The molecule has 0 bridgehead atoms. The zero-order valence-electron chi connectivity index (χ0n) is 15.1. The van der Waals surface area contributed by atoms with Crippen LogP contribution in [-0.2, 0) is 10.0 Å². The fourth-order valence-corrected chi connectivity index (χ4v) is 4.13. The summed E-state index contributed by atoms with van der Waals surface area (Å²) in [6.45, 7) is 4.04. The Morgan fingerprint density at radius 1 is 1.04 bits per heavy atom. The van der Waals surface area contributed by atoms with Gasteiger partial charge in [-0.15, -0.1) is 0 Å². The first-order valence-electron chi connectivity index (χ1n) is 8.81. The lowest BCUT2D eigenvalue weighted by molar-refractivity contribution is 0.0746. The second kappa shape index (κ2) is 8.06. The predicted octanol–water partition coefficient (Wildman–Crippen LogP) is 2.09. The summed E-state index contributed by atoms with van der Waals surface area (Å²) in [5.74, 6) is -0.426. The highest BCUT2D eigenvalue weighted by Crippen LogP contribution is 2.21. The summed E-state index contributed by atoms with van der Waals surface area (Å²) in [6.07, 6.45) is 0. The zero-order chi connectivity index (χ0) is 19.4. The van der Waals surface area contributed by atoms with Gasteiger partial charge in [-0.05, 0) is 36.4 Å². The van der Waals surface area contributed by atoms with Crippen molar-refractivity contribution in [2.45, 2.75) is 11.8 Å². The molecule has 0 unspecified atom stereocenters. The Balaban J connectivity index is 1.65. The molecule has 0 aromatic heterocycles. The standard InChI is InChI=1S/C19H22FN3O3S/c1-2-21-27(25,26)16-9-7-15(8-10-16)19(24)23-13-11-22(12-14-23)18-6-4-3-5-17(18)20/h3-10,21H,2,11-14H2,1H3. The average molecular weight is 391 g/mol. The van der Waals surface area contributed by atoms with E-state index in [-0.39, 0.29) is 16.6 Å². The molecule has 3 rings (SSSR count). The quantitative estimate of drug-likeness (QED) is 0.847. The number of amides is 1. The van der Waals surface area contributed by atoms with E-state index in [4.69, 9.17) is 0 Å². The smallest absolute Gasteiger partial charge is 0.253 e. The number of carbonyl (C=O) groups excluding carboxylic acids is 1. The molecular formula is C19H22FN3O3S. The van der Waals surface area contributed by atoms with Gasteiger partial charge in [0, 0.05) is 38.3 Å². The van der Waals surface area contributed by atoms with Crippen LogP contribution < -0.4 is 9.62 Å². The summed E-state index contributed by atoms with van der Waals surface area (Å²) in [7, 11) is -3.54. The molecule has 8 heteroatoms. The third-order valence-corrected chi connectivity index (χ3v) is 6.07. The number of hydrogen-bond donors (Lipinski definition) is 1. The van der Waals surface area contributed by atoms with E-state index in [9.17, 15) is 17.6 Å². The van der Waals surface area contributed by atoms with Crippen LogP contribution in [0.2, 0.25) is 0 Å². The molecule has 0 aliphatic carbocycles. The van der Waals surface area contributed by atoms with E-state index >= 15 is 0 Å². The van der Waals surface area contributed by atoms with Crippen LogP contribution in [0.3, 0.4) is 0 Å². The van der Waals surface area contributed by atoms with Crippen LogP contribution in [0.15, 0.2) is 53.4 Å². The second-order valence-corrected chi connectivity index (χ2v) is 8.02. The summed E-state index contributed by atoms with van der Waals surface area (Å²) < 4.78 is 40.3. The highest BCUT2D eigenvalue weighted by Gasteiger charge is 2.24. The van der Waals surface area contributed by atoms with E-state index in [0.717, 1.165) is 0 Å². The number of anilines is 1. The molecule has 1 fully saturated rings. The molecule has 27 heavy (non-hydrogen) atoms. The van der Waals surface area contributed by atoms with Crippen molar-refractivity contribution >= 4 is 21.6 Å². The maximum Gasteiger partial charge on any atom is 0.253 e. The van der Waals surface area contributed by atoms with Gasteiger partial charge in [0.05, 0.1) is 10.6 Å². The van der Waals surface area contributed by atoms with Gasteiger partial charge in [0.25, 0.3) is 5.91 Å². The molecule has 0 radical (unpaired) electrons. The minimum absolute atomic E-state index is 0.130. The monoisotopic (exact) mass is 391 g/mol. The maximum atomic E-state index is 13.9. The summed E-state index contributed by atoms with van der Waals surface area (Å²) in [4.78, 5) is 16.4. The number of piperazine rings is 1. The van der Waals surface area contributed by atoms with Crippen molar-refractivity contribution in [3.8, 4) is 0 Å². The first-order valence-corrected chi connectivity index (χ1v) is 10.3. The summed E-state index contributed by atoms with van der Waals surface area (Å²) >= 11 is 0. The lowest BCUT2D eigenvalue weighted by atomic mass is 10.1. The molecule has 0 atom stereocenters. The third-order valence-electron chi connectivity index (χ3n) is 4.51. The van der Waals surface area contributed by atoms with Crippen molar-refractivity contribution in [2.75, 3.05) is 37.6 Å². The molecule has 1 heterocycles. The largest absolute Gasteiger partial charge is 0.366 e. The van der Waals surface area contributed by atoms with Gasteiger partial charge in [-0.2, -0.15) is 0 Å². The molecule has 1 N–H and O–H groups in total. The van der Waals surface area contributed by atoms with Crippen molar-refractivity contribution < 1.29 is 17.6 Å². The van der Waals surface area contributed by atoms with Crippen molar-refractivity contribution in [1.82, 2.24) is 9.62 Å². The Kier molecular flexibility index (Phi) is 5.76. The molecule has 1 amide bonds. The van der Waals surface area contributed by atoms with Gasteiger partial charge in [0.1, 0.15) is 5.82 Å². The number of para-hydroxylation sites is 1. The van der Waals surface area contributed by atoms with Crippen LogP contribution in [0.1, 0.15) is 17.3 Å². The van der Waals surface area contributed by atoms with Crippen LogP contribution in [0, 0.1) is 5.82 Å². The number of nitrogens with zero attached hydrogens (tertiary/aromatic N) is 2. The average Bonchev–Trinajstić information content (AvgIpc) is 2.68. The number of rotatable bonds is 5. The Hall–Kier alpha value is -2.45. The molecule has 6 nitrogen and oxygen atoms in total. The highest BCUT2D eigenvalue weighted by atomic mass is 32.2. The summed E-state index contributed by atoms with van der Waals surface area (Å²) in [6, 6.07) is 12.5. The first kappa shape index (κ1) is 19.3. The van der Waals surface area contributed by atoms with Gasteiger partial charge in [0.2, 0.25) is 10.0 Å². The number of sulfonamides is 1. The van der Waals surface area contributed by atoms with Crippen molar-refractivity contribution in [3.63, 3.8) is 0 Å². The van der Waals surface area contributed by atoms with Crippen molar-refractivity contribution in [2.24, 2.45) is 0 Å². The van der Waals surface area contributed by atoms with Gasteiger partial charge in [0.15, 0.2) is 0 Å². The number of halogens is 1. The van der Waals surface area contributed by atoms with E-state index in [0.29, 0.717) is 44.0 Å². The lowest BCUT2D eigenvalue weighted by Crippen LogP contribution is -2.49. The lowest BCUT2D eigenvalue weighted by Gasteiger charge is -2.36. The van der Waals surface area contributed by atoms with E-state index in [1.807, 2.05) is 4.90 Å². The van der Waals surface area contributed by atoms with Crippen molar-refractivity contribution in [3.05, 3.63) is 59.9 Å². The van der Waals surface area contributed by atoms with Crippen LogP contribution in [0.4, 0.5) is 10.1 Å². The Morgan fingerprint density at radius 3 is 2.26 bits per heavy atom. The normalized spacial score (nSPS) is 15.0. The second-order valence-electron chi connectivity index (χ2n) is 6.26. The van der Waals surface area contributed by atoms with Gasteiger partial charge in [-0.3, -0.25) is 4.79 Å². The van der Waals surface area contributed by atoms with E-state index < -0.39 is 10.0 Å². The molecule has 1 aliphatic rings. The van der Waals surface area contributed by atoms with Gasteiger partial charge < -0.3 is 9.80 Å². The minimum Gasteiger partial charge on any atom is -0.366 e. The number of benzene rings is 2. The van der Waals surface area contributed by atoms with Crippen LogP contribution in [0.5, 0.6) is 0 Å². The van der Waals surface area contributed by atoms with Gasteiger partial charge in [-0.1, -0.05) is 19.1 Å². The fraction of sp³-hybridized carbons (Fsp3) is 0.316. The topological polar surface area (TPSA) is 69.7 Å². The van der Waals surface area contributed by atoms with E-state index in [2.05, 4.69) is 4.72 Å². The zero-order valence-corrected chi connectivity index (χ0v) is 15.9. The number of nitrogens with one attached hydrogen (secondary N) is 1. The fourth-order valence-electron chi connectivity index (χ4n) is 3.09. The van der Waals surface area contributed by atoms with Crippen LogP contribution >= 0.6 is 0 Å². The minimum atomic E-state index is -3.54. The molecule has 2 aromatic rings. The molecule has 0 saturated carbocycles. The SMILES string of the molecule is CCNS(=O)(=O)c1ccc(C(=O)N2CCN(c3ccccc3F)CC2)cc1. The molecule has 144 valence electrons. The third kappa shape index (κ3) is 4.28. The van der Waals surface area contributed by atoms with Crippen molar-refractivity contribution in [1.29, 1.82) is 0 Å². The number of carbonyl (C=O) groups is 1. The van der Waals surface area contributed by atoms with Crippen LogP contribution in [0.25, 0.3) is 0 Å². The molecule has 1 aliphatic heterocycles. The molecule has 1 saturated heterocycles. The maximum absolute atomic E-state index is 13.9. The molecule has 2 aromatic carbocycles. The Labute approximate surface area is 158 Å². The van der Waals surface area contributed by atoms with Gasteiger partial charge in [-0.25, -0.2) is 17.5 Å².